The summed E-state index contributed by atoms with van der Waals surface area (Å²) >= 11 is 1.20. The Morgan fingerprint density at radius 3 is 2.58 bits per heavy atom. The smallest absolute Gasteiger partial charge is 0.412 e. The number of benzene rings is 2. The minimum absolute atomic E-state index is 0.0259. The molecule has 2 unspecified atom stereocenters. The van der Waals surface area contributed by atoms with Crippen molar-refractivity contribution in [3.63, 3.8) is 0 Å². The number of nitrogens with one attached hydrogen (secondary N) is 1. The first-order chi connectivity index (χ1) is 25.0. The molecule has 2 bridgehead atoms. The Morgan fingerprint density at radius 2 is 1.88 bits per heavy atom. The number of likely N-dealkylation sites (tertiary alicyclic amines) is 1. The number of thiophene rings is 1. The number of nitriles is 1. The Bertz CT molecular complexity index is 2130. The number of carboxylic acid groups (broad SMARTS) is 1. The molecule has 3 saturated heterocycles. The molecule has 2 amide bonds. The summed E-state index contributed by atoms with van der Waals surface area (Å²) in [6, 6.07) is 7.18. The molecular formula is C36H37FN6O8S. The van der Waals surface area contributed by atoms with Crippen molar-refractivity contribution >= 4 is 55.3 Å². The number of halogens is 1. The highest BCUT2D eigenvalue weighted by atomic mass is 32.1. The number of fused-ring (bicyclic) bond motifs is 6. The maximum Gasteiger partial charge on any atom is 0.412 e. The number of piperazine rings is 1. The van der Waals surface area contributed by atoms with E-state index in [9.17, 15) is 20.0 Å². The van der Waals surface area contributed by atoms with E-state index in [1.165, 1.54) is 16.2 Å². The van der Waals surface area contributed by atoms with Crippen molar-refractivity contribution in [1.29, 1.82) is 5.26 Å². The van der Waals surface area contributed by atoms with Gasteiger partial charge in [0.25, 0.3) is 0 Å². The van der Waals surface area contributed by atoms with Gasteiger partial charge in [0.05, 0.1) is 44.0 Å². The molecule has 2 aromatic heterocycles. The molecule has 6 heterocycles. The largest absolute Gasteiger partial charge is 0.465 e. The molecule has 16 heteroatoms. The first kappa shape index (κ1) is 34.3. The SMILES string of the molecule is CC(C)(C)OC(=O)Nc1sc2cccc(-c3c4c(c5c(N6C7CCC6CN(C(=O)O)C7)nc(OC[C@H]6COCCO6)nc5c3F)COC4)c2c1C#N. The molecule has 8 rings (SSSR count). The molecule has 14 nitrogen and oxygen atoms in total. The van der Waals surface area contributed by atoms with Crippen molar-refractivity contribution in [2.75, 3.05) is 49.7 Å². The van der Waals surface area contributed by atoms with E-state index in [1.54, 1.807) is 32.9 Å². The van der Waals surface area contributed by atoms with Crippen LogP contribution < -0.4 is 15.0 Å². The lowest BCUT2D eigenvalue weighted by Gasteiger charge is -2.41. The average Bonchev–Trinajstić information content (AvgIpc) is 3.80. The number of rotatable bonds is 6. The second-order valence-corrected chi connectivity index (χ2v) is 15.3. The molecular weight excluding hydrogens is 695 g/mol. The predicted octanol–water partition coefficient (Wildman–Crippen LogP) is 6.02. The number of nitrogens with zero attached hydrogens (tertiary/aromatic N) is 5. The Kier molecular flexibility index (Phi) is 8.77. The quantitative estimate of drug-likeness (QED) is 0.237. The topological polar surface area (TPSA) is 169 Å². The summed E-state index contributed by atoms with van der Waals surface area (Å²) in [7, 11) is 0. The number of amides is 2. The molecule has 272 valence electrons. The Balaban J connectivity index is 1.30. The molecule has 3 fully saturated rings. The van der Waals surface area contributed by atoms with Crippen molar-refractivity contribution < 1.29 is 42.8 Å². The van der Waals surface area contributed by atoms with E-state index < -0.39 is 23.6 Å². The van der Waals surface area contributed by atoms with Crippen LogP contribution >= 0.6 is 11.3 Å². The number of carbonyl (C=O) groups is 2. The number of ether oxygens (including phenoxy) is 5. The first-order valence-electron chi connectivity index (χ1n) is 17.2. The van der Waals surface area contributed by atoms with Gasteiger partial charge in [-0.1, -0.05) is 12.1 Å². The van der Waals surface area contributed by atoms with Crippen LogP contribution in [0.1, 0.15) is 50.3 Å². The third-order valence-electron chi connectivity index (χ3n) is 9.75. The molecule has 0 spiro atoms. The normalized spacial score (nSPS) is 21.3. The lowest BCUT2D eigenvalue weighted by molar-refractivity contribution is -0.102. The summed E-state index contributed by atoms with van der Waals surface area (Å²) in [5.74, 6) is -0.161. The molecule has 0 aliphatic carbocycles. The Labute approximate surface area is 302 Å². The zero-order chi connectivity index (χ0) is 36.3. The van der Waals surface area contributed by atoms with Crippen LogP contribution in [0.4, 0.5) is 24.8 Å². The maximum absolute atomic E-state index is 17.6. The second-order valence-electron chi connectivity index (χ2n) is 14.3. The van der Waals surface area contributed by atoms with Gasteiger partial charge in [0.15, 0.2) is 5.82 Å². The molecule has 3 atom stereocenters. The van der Waals surface area contributed by atoms with Crippen molar-refractivity contribution in [2.24, 2.45) is 0 Å². The fourth-order valence-corrected chi connectivity index (χ4v) is 8.74. The van der Waals surface area contributed by atoms with Gasteiger partial charge in [-0.25, -0.2) is 14.0 Å². The van der Waals surface area contributed by atoms with Crippen LogP contribution in [0.15, 0.2) is 18.2 Å². The van der Waals surface area contributed by atoms with E-state index >= 15 is 4.39 Å². The number of aromatic nitrogens is 2. The van der Waals surface area contributed by atoms with Gasteiger partial charge in [0.2, 0.25) is 0 Å². The van der Waals surface area contributed by atoms with Crippen LogP contribution in [0.2, 0.25) is 0 Å². The monoisotopic (exact) mass is 732 g/mol. The van der Waals surface area contributed by atoms with Gasteiger partial charge in [0.1, 0.15) is 40.7 Å². The number of carbonyl (C=O) groups excluding carboxylic acids is 1. The van der Waals surface area contributed by atoms with E-state index in [0.29, 0.717) is 57.2 Å². The minimum atomic E-state index is -0.975. The Morgan fingerprint density at radius 1 is 1.12 bits per heavy atom. The first-order valence-corrected chi connectivity index (χ1v) is 18.0. The fourth-order valence-electron chi connectivity index (χ4n) is 7.68. The molecule has 0 radical (unpaired) electrons. The highest BCUT2D eigenvalue weighted by Gasteiger charge is 2.44. The summed E-state index contributed by atoms with van der Waals surface area (Å²) in [6.45, 7) is 7.43. The van der Waals surface area contributed by atoms with Crippen LogP contribution in [0.5, 0.6) is 6.01 Å². The lowest BCUT2D eigenvalue weighted by Crippen LogP contribution is -2.55. The van der Waals surface area contributed by atoms with Crippen LogP contribution in [-0.4, -0.2) is 95.5 Å². The predicted molar refractivity (Wildman–Crippen MR) is 188 cm³/mol. The average molecular weight is 733 g/mol. The summed E-state index contributed by atoms with van der Waals surface area (Å²) in [5.41, 5.74) is 1.47. The fraction of sp³-hybridized carbons (Fsp3) is 0.472. The number of hydrogen-bond acceptors (Lipinski definition) is 12. The van der Waals surface area contributed by atoms with Gasteiger partial charge >= 0.3 is 18.2 Å². The third-order valence-corrected chi connectivity index (χ3v) is 10.8. The molecule has 4 aliphatic rings. The summed E-state index contributed by atoms with van der Waals surface area (Å²) in [4.78, 5) is 37.8. The highest BCUT2D eigenvalue weighted by molar-refractivity contribution is 7.23. The molecule has 2 N–H and O–H groups in total. The molecule has 2 aromatic carbocycles. The van der Waals surface area contributed by atoms with Crippen LogP contribution in [-0.2, 0) is 32.2 Å². The van der Waals surface area contributed by atoms with Gasteiger partial charge in [-0.3, -0.25) is 5.32 Å². The van der Waals surface area contributed by atoms with Crippen molar-refractivity contribution in [1.82, 2.24) is 14.9 Å². The lowest BCUT2D eigenvalue weighted by atomic mass is 9.90. The zero-order valence-corrected chi connectivity index (χ0v) is 29.7. The maximum atomic E-state index is 17.6. The van der Waals surface area contributed by atoms with Gasteiger partial charge < -0.3 is 38.6 Å². The van der Waals surface area contributed by atoms with E-state index in [1.807, 2.05) is 6.07 Å². The van der Waals surface area contributed by atoms with E-state index in [0.717, 1.165) is 18.4 Å². The zero-order valence-electron chi connectivity index (χ0n) is 28.9. The molecule has 0 saturated carbocycles. The highest BCUT2D eigenvalue weighted by Crippen LogP contribution is 2.48. The summed E-state index contributed by atoms with van der Waals surface area (Å²) < 4.78 is 47.0. The molecule has 4 aromatic rings. The standard InChI is InChI=1S/C36H37FN6O8S/c1-36(2,3)51-34(44)41-32-22(11-38)26-21(5-4-6-25(26)52-32)27-23-16-48-17-24(23)28-30(29(27)37)39-33(50-15-20-14-47-9-10-49-20)40-31(28)43-18-7-8-19(43)13-42(12-18)35(45)46/h4-6,18-20H,7-10,12-17H2,1-3H3,(H,41,44)(H,45,46)/t18?,19?,20-/m1/s1. The number of anilines is 2. The number of hydrogen-bond donors (Lipinski definition) is 2. The van der Waals surface area contributed by atoms with Crippen molar-refractivity contribution in [2.45, 2.75) is 70.6 Å². The minimum Gasteiger partial charge on any atom is -0.465 e. The molecule has 4 aliphatic heterocycles. The van der Waals surface area contributed by atoms with Crippen LogP contribution in [0, 0.1) is 17.1 Å². The van der Waals surface area contributed by atoms with Gasteiger partial charge in [0, 0.05) is 40.8 Å². The van der Waals surface area contributed by atoms with E-state index in [4.69, 9.17) is 28.7 Å². The third kappa shape index (κ3) is 6.11. The van der Waals surface area contributed by atoms with Crippen LogP contribution in [0.25, 0.3) is 32.1 Å². The van der Waals surface area contributed by atoms with Gasteiger partial charge in [-0.05, 0) is 56.4 Å². The van der Waals surface area contributed by atoms with Gasteiger partial charge in [-0.2, -0.15) is 15.2 Å². The van der Waals surface area contributed by atoms with Crippen molar-refractivity contribution in [3.05, 3.63) is 40.7 Å². The Hall–Kier alpha value is -4.82. The summed E-state index contributed by atoms with van der Waals surface area (Å²) in [5, 5.41) is 24.2. The second kappa shape index (κ2) is 13.3. The van der Waals surface area contributed by atoms with E-state index in [-0.39, 0.29) is 73.8 Å². The molecule has 52 heavy (non-hydrogen) atoms. The van der Waals surface area contributed by atoms with Gasteiger partial charge in [-0.15, -0.1) is 11.3 Å². The van der Waals surface area contributed by atoms with Crippen LogP contribution in [0.3, 0.4) is 0 Å². The van der Waals surface area contributed by atoms with Crippen molar-refractivity contribution in [3.8, 4) is 23.2 Å². The van der Waals surface area contributed by atoms with E-state index in [2.05, 4.69) is 21.3 Å². The summed E-state index contributed by atoms with van der Waals surface area (Å²) in [6.07, 6.45) is -0.539.